The molecule has 2 aliphatic heterocycles. The monoisotopic (exact) mass is 588 g/mol. The zero-order chi connectivity index (χ0) is 28.9. The molecule has 0 saturated carbocycles. The fourth-order valence-corrected chi connectivity index (χ4v) is 6.58. The number of ether oxygens (including phenoxy) is 4. The Labute approximate surface area is 245 Å². The molecular formula is C31H32N4O6S. The summed E-state index contributed by atoms with van der Waals surface area (Å²) in [5.41, 5.74) is 1.93. The number of rotatable bonds is 9. The van der Waals surface area contributed by atoms with Gasteiger partial charge in [-0.25, -0.2) is 17.4 Å². The molecule has 4 aromatic rings. The highest BCUT2D eigenvalue weighted by atomic mass is 32.2. The van der Waals surface area contributed by atoms with Crippen LogP contribution in [0.3, 0.4) is 0 Å². The molecule has 2 aromatic heterocycles. The van der Waals surface area contributed by atoms with E-state index < -0.39 is 10.0 Å². The minimum absolute atomic E-state index is 0.0176. The lowest BCUT2D eigenvalue weighted by molar-refractivity contribution is 0.0254. The second kappa shape index (κ2) is 12.5. The molecule has 0 unspecified atom stereocenters. The van der Waals surface area contributed by atoms with Crippen molar-refractivity contribution in [2.75, 3.05) is 52.7 Å². The molecule has 10 nitrogen and oxygen atoms in total. The molecule has 42 heavy (non-hydrogen) atoms. The Morgan fingerprint density at radius 3 is 2.52 bits per heavy atom. The highest BCUT2D eigenvalue weighted by Gasteiger charge is 2.24. The predicted molar refractivity (Wildman–Crippen MR) is 156 cm³/mol. The van der Waals surface area contributed by atoms with Crippen molar-refractivity contribution in [3.8, 4) is 28.7 Å². The number of pyridine rings is 1. The first kappa shape index (κ1) is 28.2. The number of hydrogen-bond acceptors (Lipinski definition) is 9. The quantitative estimate of drug-likeness (QED) is 0.285. The van der Waals surface area contributed by atoms with E-state index in [2.05, 4.69) is 16.0 Å². The molecule has 0 atom stereocenters. The number of benzene rings is 2. The Bertz CT molecular complexity index is 1690. The molecule has 0 aliphatic carbocycles. The number of hydrogen-bond donors (Lipinski definition) is 0. The number of fused-ring (bicyclic) bond motifs is 1. The molecule has 0 amide bonds. The Hall–Kier alpha value is -3.95. The first-order chi connectivity index (χ1) is 20.5. The van der Waals surface area contributed by atoms with Crippen molar-refractivity contribution in [2.45, 2.75) is 23.8 Å². The van der Waals surface area contributed by atoms with Crippen LogP contribution < -0.4 is 9.47 Å². The van der Waals surface area contributed by atoms with Crippen LogP contribution in [0.4, 0.5) is 0 Å². The molecule has 0 N–H and O–H groups in total. The Morgan fingerprint density at radius 2 is 1.76 bits per heavy atom. The number of aromatic nitrogens is 2. The van der Waals surface area contributed by atoms with E-state index in [1.54, 1.807) is 54.9 Å². The molecule has 2 aromatic carbocycles. The maximum absolute atomic E-state index is 13.7. The van der Waals surface area contributed by atoms with Crippen LogP contribution in [0, 0.1) is 11.3 Å². The van der Waals surface area contributed by atoms with E-state index in [0.29, 0.717) is 66.6 Å². The van der Waals surface area contributed by atoms with Crippen molar-refractivity contribution >= 4 is 21.1 Å². The Kier molecular flexibility index (Phi) is 8.39. The number of nitriles is 1. The molecule has 2 saturated heterocycles. The van der Waals surface area contributed by atoms with Crippen LogP contribution in [-0.2, 0) is 19.5 Å². The van der Waals surface area contributed by atoms with E-state index in [1.165, 1.54) is 3.97 Å². The molecule has 0 bridgehead atoms. The Morgan fingerprint density at radius 1 is 1.00 bits per heavy atom. The van der Waals surface area contributed by atoms with Crippen molar-refractivity contribution in [1.82, 2.24) is 13.9 Å². The number of morpholine rings is 1. The molecule has 218 valence electrons. The average Bonchev–Trinajstić information content (AvgIpc) is 3.42. The molecular weight excluding hydrogens is 556 g/mol. The second-order valence-electron chi connectivity index (χ2n) is 10.3. The van der Waals surface area contributed by atoms with Crippen LogP contribution in [0.25, 0.3) is 22.2 Å². The predicted octanol–water partition coefficient (Wildman–Crippen LogP) is 4.08. The highest BCUT2D eigenvalue weighted by molar-refractivity contribution is 7.90. The summed E-state index contributed by atoms with van der Waals surface area (Å²) in [5, 5.41) is 10.6. The van der Waals surface area contributed by atoms with Crippen molar-refractivity contribution in [3.05, 3.63) is 72.6 Å². The SMILES string of the molecule is N#Cc1cc(-c2cn(S(=O)(=O)c3ccccc3)c3ncc(OCCN4CCOCC4)cc23)ccc1OC1CCOCC1. The van der Waals surface area contributed by atoms with Gasteiger partial charge in [-0.05, 0) is 35.9 Å². The third-order valence-electron chi connectivity index (χ3n) is 7.54. The summed E-state index contributed by atoms with van der Waals surface area (Å²) in [6.45, 7) is 5.61. The van der Waals surface area contributed by atoms with Gasteiger partial charge < -0.3 is 18.9 Å². The second-order valence-corrected chi connectivity index (χ2v) is 12.1. The van der Waals surface area contributed by atoms with Gasteiger partial charge in [0.1, 0.15) is 30.3 Å². The van der Waals surface area contributed by atoms with Gasteiger partial charge in [-0.15, -0.1) is 0 Å². The van der Waals surface area contributed by atoms with E-state index >= 15 is 0 Å². The van der Waals surface area contributed by atoms with Gasteiger partial charge in [0.05, 0.1) is 43.1 Å². The van der Waals surface area contributed by atoms with E-state index in [9.17, 15) is 13.7 Å². The van der Waals surface area contributed by atoms with E-state index in [1.807, 2.05) is 12.1 Å². The average molecular weight is 589 g/mol. The lowest BCUT2D eigenvalue weighted by atomic mass is 10.0. The summed E-state index contributed by atoms with van der Waals surface area (Å²) in [4.78, 5) is 6.97. The molecule has 2 fully saturated rings. The van der Waals surface area contributed by atoms with Crippen molar-refractivity contribution < 1.29 is 27.4 Å². The molecule has 6 rings (SSSR count). The first-order valence-electron chi connectivity index (χ1n) is 14.1. The van der Waals surface area contributed by atoms with E-state index in [4.69, 9.17) is 18.9 Å². The van der Waals surface area contributed by atoms with Gasteiger partial charge in [-0.1, -0.05) is 24.3 Å². The summed E-state index contributed by atoms with van der Waals surface area (Å²) in [6, 6.07) is 17.6. The summed E-state index contributed by atoms with van der Waals surface area (Å²) in [6.07, 6.45) is 4.62. The van der Waals surface area contributed by atoms with Crippen LogP contribution in [0.2, 0.25) is 0 Å². The third-order valence-corrected chi connectivity index (χ3v) is 9.20. The van der Waals surface area contributed by atoms with E-state index in [-0.39, 0.29) is 16.6 Å². The largest absolute Gasteiger partial charge is 0.491 e. The van der Waals surface area contributed by atoms with Gasteiger partial charge in [0.25, 0.3) is 10.0 Å². The lowest BCUT2D eigenvalue weighted by Gasteiger charge is -2.26. The summed E-state index contributed by atoms with van der Waals surface area (Å²) >= 11 is 0. The fraction of sp³-hybridized carbons (Fsp3) is 0.355. The minimum atomic E-state index is -3.95. The first-order valence-corrected chi connectivity index (χ1v) is 15.5. The fourth-order valence-electron chi connectivity index (χ4n) is 5.24. The van der Waals surface area contributed by atoms with Crippen molar-refractivity contribution in [2.24, 2.45) is 0 Å². The molecule has 0 spiro atoms. The standard InChI is InChI=1S/C31H32N4O6S/c32-20-24-18-23(6-7-30(24)41-25-8-13-38-14-9-25)29-22-35(42(36,37)27-4-2-1-3-5-27)31-28(29)19-26(21-33-31)40-17-12-34-10-15-39-16-11-34/h1-7,18-19,21-22,25H,8-17H2. The van der Waals surface area contributed by atoms with Crippen molar-refractivity contribution in [1.29, 1.82) is 5.26 Å². The van der Waals surface area contributed by atoms with E-state index in [0.717, 1.165) is 32.5 Å². The normalized spacial score (nSPS) is 16.7. The summed E-state index contributed by atoms with van der Waals surface area (Å²) in [7, 11) is -3.95. The van der Waals surface area contributed by atoms with Crippen LogP contribution in [-0.4, -0.2) is 81.0 Å². The topological polar surface area (TPSA) is 116 Å². The maximum Gasteiger partial charge on any atom is 0.269 e. The van der Waals surface area contributed by atoms with Crippen LogP contribution in [0.5, 0.6) is 11.5 Å². The zero-order valence-corrected chi connectivity index (χ0v) is 24.0. The van der Waals surface area contributed by atoms with Gasteiger partial charge >= 0.3 is 0 Å². The number of nitrogens with zero attached hydrogens (tertiary/aromatic N) is 4. The molecule has 2 aliphatic rings. The zero-order valence-electron chi connectivity index (χ0n) is 23.1. The molecule has 0 radical (unpaired) electrons. The summed E-state index contributed by atoms with van der Waals surface area (Å²) in [5.74, 6) is 1.03. The van der Waals surface area contributed by atoms with Crippen LogP contribution >= 0.6 is 0 Å². The van der Waals surface area contributed by atoms with Crippen LogP contribution in [0.1, 0.15) is 18.4 Å². The molecule has 11 heteroatoms. The lowest BCUT2D eigenvalue weighted by Crippen LogP contribution is -2.38. The van der Waals surface area contributed by atoms with Gasteiger partial charge in [0, 0.05) is 49.6 Å². The maximum atomic E-state index is 13.7. The van der Waals surface area contributed by atoms with Gasteiger partial charge in [-0.3, -0.25) is 4.90 Å². The summed E-state index contributed by atoms with van der Waals surface area (Å²) < 4.78 is 51.7. The smallest absolute Gasteiger partial charge is 0.269 e. The van der Waals surface area contributed by atoms with Gasteiger partial charge in [0.15, 0.2) is 5.65 Å². The molecule has 4 heterocycles. The van der Waals surface area contributed by atoms with Crippen LogP contribution in [0.15, 0.2) is 71.9 Å². The van der Waals surface area contributed by atoms with Crippen molar-refractivity contribution in [3.63, 3.8) is 0 Å². The Balaban J connectivity index is 1.37. The van der Waals surface area contributed by atoms with Gasteiger partial charge in [-0.2, -0.15) is 5.26 Å². The highest BCUT2D eigenvalue weighted by Crippen LogP contribution is 2.36. The third kappa shape index (κ3) is 5.98. The van der Waals surface area contributed by atoms with Gasteiger partial charge in [0.2, 0.25) is 0 Å². The minimum Gasteiger partial charge on any atom is -0.491 e.